The molecule has 0 unspecified atom stereocenters. The monoisotopic (exact) mass is 1230 g/mol. The van der Waals surface area contributed by atoms with E-state index in [4.69, 9.17) is 4.74 Å². The summed E-state index contributed by atoms with van der Waals surface area (Å²) in [5.41, 5.74) is 24.7. The van der Waals surface area contributed by atoms with Crippen LogP contribution < -0.4 is 62.4 Å². The summed E-state index contributed by atoms with van der Waals surface area (Å²) in [7, 11) is 0. The first-order valence-electron chi connectivity index (χ1n) is 32.1. The lowest BCUT2D eigenvalue weighted by Gasteiger charge is -2.46. The number of hydrogen-bond acceptors (Lipinski definition) is 8. The average Bonchev–Trinajstić information content (AvgIpc) is 0.718. The predicted molar refractivity (Wildman–Crippen MR) is 402 cm³/mol. The fourth-order valence-corrected chi connectivity index (χ4v) is 18.2. The fourth-order valence-electron chi connectivity index (χ4n) is 15.7. The Balaban J connectivity index is 0.830. The van der Waals surface area contributed by atoms with E-state index in [-0.39, 0.29) is 13.4 Å². The maximum Gasteiger partial charge on any atom is 0.256 e. The van der Waals surface area contributed by atoms with Gasteiger partial charge in [0.15, 0.2) is 0 Å². The number of rotatable bonds is 9. The van der Waals surface area contributed by atoms with Crippen molar-refractivity contribution in [1.29, 1.82) is 0 Å². The minimum absolute atomic E-state index is 0.179. The van der Waals surface area contributed by atoms with Crippen LogP contribution in [0.5, 0.6) is 11.5 Å². The number of nitrogens with one attached hydrogen (secondary N) is 1. The molecule has 10 heteroatoms. The largest absolute Gasteiger partial charge is 0.458 e. The standard InChI is InChI=1S/C84H53B2N5OS2/c1-5-25-54(26-6-1)88(55-27-7-2-8-28-55)58-49-75-81-76(50-58)91(72-44-24-38-64-61-35-15-22-46-80(61)94-84(64)72)71-43-20-17-40-66(71)85(81)67-51-68-77(52-73(67)90(75)57-31-11-4-12-32-57)92-78-48-53(47-74-82(78)86(68)65-39-16-19-42-70(65)89(74)56-29-9-3-10-30-56)87-69-41-18-13-33-59(69)62-36-23-37-63-60-34-14-21-45-79(60)93-83(62)63/h1-52,87H. The SMILES string of the molecule is c1ccc(N(c2ccccc2)c2cc3c4c(c2)N(c2cccc5c2sc2ccccc25)c2ccccc2B4c2cc4c(cc2N3c2ccccc2)Oc2cc(Nc3ccccc3-c3cccc5c3sc3ccccc35)cc3c2B4c2ccccc2N3c2ccccc2)cc1. The van der Waals surface area contributed by atoms with E-state index in [1.165, 1.54) is 67.8 Å². The highest BCUT2D eigenvalue weighted by Crippen LogP contribution is 2.53. The number of nitrogens with zero attached hydrogens (tertiary/aromatic N) is 4. The Morgan fingerprint density at radius 1 is 0.309 bits per heavy atom. The molecule has 6 heterocycles. The molecule has 14 aromatic carbocycles. The summed E-state index contributed by atoms with van der Waals surface area (Å²) < 4.78 is 12.8. The number of para-hydroxylation sites is 7. The van der Waals surface area contributed by atoms with Gasteiger partial charge in [-0.3, -0.25) is 0 Å². The smallest absolute Gasteiger partial charge is 0.256 e. The zero-order chi connectivity index (χ0) is 61.5. The number of thiophene rings is 2. The normalized spacial score (nSPS) is 13.1. The molecule has 0 amide bonds. The van der Waals surface area contributed by atoms with Gasteiger partial charge in [0.25, 0.3) is 13.4 Å². The van der Waals surface area contributed by atoms with E-state index in [0.717, 1.165) is 108 Å². The molecule has 0 saturated heterocycles. The van der Waals surface area contributed by atoms with Crippen molar-refractivity contribution in [2.45, 2.75) is 0 Å². The average molecular weight is 1230 g/mol. The molecule has 0 fully saturated rings. The molecule has 0 spiro atoms. The Morgan fingerprint density at radius 3 is 1.48 bits per heavy atom. The Hall–Kier alpha value is -11.6. The molecule has 438 valence electrons. The lowest BCUT2D eigenvalue weighted by Crippen LogP contribution is -2.64. The third-order valence-electron chi connectivity index (χ3n) is 19.6. The van der Waals surface area contributed by atoms with E-state index >= 15 is 0 Å². The van der Waals surface area contributed by atoms with Crippen LogP contribution in [0.2, 0.25) is 0 Å². The van der Waals surface area contributed by atoms with Crippen LogP contribution in [0.4, 0.5) is 79.6 Å². The van der Waals surface area contributed by atoms with Crippen molar-refractivity contribution in [2.24, 2.45) is 0 Å². The van der Waals surface area contributed by atoms with E-state index in [2.05, 4.69) is 340 Å². The molecule has 0 aliphatic carbocycles. The topological polar surface area (TPSA) is 34.2 Å². The molecular weight excluding hydrogens is 1180 g/mol. The third-order valence-corrected chi connectivity index (χ3v) is 22.0. The summed E-state index contributed by atoms with van der Waals surface area (Å²) in [6.07, 6.45) is 0. The van der Waals surface area contributed by atoms with E-state index in [1.54, 1.807) is 0 Å². The summed E-state index contributed by atoms with van der Waals surface area (Å²) in [6, 6.07) is 116. The maximum absolute atomic E-state index is 7.73. The molecule has 0 radical (unpaired) electrons. The quantitative estimate of drug-likeness (QED) is 0.145. The van der Waals surface area contributed by atoms with Gasteiger partial charge in [0, 0.05) is 127 Å². The molecule has 20 rings (SSSR count). The van der Waals surface area contributed by atoms with E-state index in [9.17, 15) is 0 Å². The lowest BCUT2D eigenvalue weighted by atomic mass is 9.30. The minimum Gasteiger partial charge on any atom is -0.458 e. The number of fused-ring (bicyclic) bond motifs is 14. The lowest BCUT2D eigenvalue weighted by molar-refractivity contribution is 0.488. The van der Waals surface area contributed by atoms with Crippen LogP contribution in [0, 0.1) is 0 Å². The van der Waals surface area contributed by atoms with Gasteiger partial charge in [-0.15, -0.1) is 22.7 Å². The Kier molecular flexibility index (Phi) is 11.9. The predicted octanol–water partition coefficient (Wildman–Crippen LogP) is 19.8. The highest BCUT2D eigenvalue weighted by Gasteiger charge is 2.48. The zero-order valence-corrected chi connectivity index (χ0v) is 52.3. The zero-order valence-electron chi connectivity index (χ0n) is 50.7. The molecule has 1 N–H and O–H groups in total. The second-order valence-corrected chi connectivity index (χ2v) is 26.8. The molecule has 94 heavy (non-hydrogen) atoms. The summed E-state index contributed by atoms with van der Waals surface area (Å²) in [6.45, 7) is -0.359. The van der Waals surface area contributed by atoms with Gasteiger partial charge < -0.3 is 29.7 Å². The highest BCUT2D eigenvalue weighted by atomic mass is 32.1. The van der Waals surface area contributed by atoms with Gasteiger partial charge in [0.1, 0.15) is 11.5 Å². The Bertz CT molecular complexity index is 5720. The van der Waals surface area contributed by atoms with Crippen molar-refractivity contribution in [2.75, 3.05) is 24.9 Å². The third kappa shape index (κ3) is 8.03. The van der Waals surface area contributed by atoms with Crippen molar-refractivity contribution in [3.63, 3.8) is 0 Å². The summed E-state index contributed by atoms with van der Waals surface area (Å²) in [4.78, 5) is 9.97. The second kappa shape index (κ2) is 21.0. The maximum atomic E-state index is 7.73. The minimum atomic E-state index is -0.180. The van der Waals surface area contributed by atoms with Crippen LogP contribution >= 0.6 is 22.7 Å². The number of anilines is 14. The van der Waals surface area contributed by atoms with Crippen molar-refractivity contribution in [1.82, 2.24) is 0 Å². The van der Waals surface area contributed by atoms with Crippen molar-refractivity contribution >= 4 is 189 Å². The van der Waals surface area contributed by atoms with Crippen LogP contribution in [0.15, 0.2) is 315 Å². The Labute approximate surface area is 552 Å². The van der Waals surface area contributed by atoms with Gasteiger partial charge in [-0.05, 0) is 136 Å². The molecule has 0 saturated carbocycles. The van der Waals surface area contributed by atoms with Crippen LogP contribution in [0.1, 0.15) is 0 Å². The summed E-state index contributed by atoms with van der Waals surface area (Å²) >= 11 is 3.74. The molecule has 4 aliphatic rings. The van der Waals surface area contributed by atoms with Crippen LogP contribution in [0.3, 0.4) is 0 Å². The molecule has 2 aromatic heterocycles. The van der Waals surface area contributed by atoms with Gasteiger partial charge >= 0.3 is 0 Å². The first-order valence-corrected chi connectivity index (χ1v) is 33.8. The van der Waals surface area contributed by atoms with Gasteiger partial charge in [-0.2, -0.15) is 0 Å². The fraction of sp³-hybridized carbons (Fsp3) is 0. The highest BCUT2D eigenvalue weighted by molar-refractivity contribution is 7.27. The van der Waals surface area contributed by atoms with Gasteiger partial charge in [0.05, 0.1) is 16.1 Å². The molecule has 6 nitrogen and oxygen atoms in total. The van der Waals surface area contributed by atoms with Gasteiger partial charge in [-0.25, -0.2) is 0 Å². The second-order valence-electron chi connectivity index (χ2n) is 24.7. The number of hydrogen-bond donors (Lipinski definition) is 1. The van der Waals surface area contributed by atoms with E-state index < -0.39 is 0 Å². The summed E-state index contributed by atoms with van der Waals surface area (Å²) in [5, 5.41) is 9.12. The van der Waals surface area contributed by atoms with Crippen LogP contribution in [-0.2, 0) is 0 Å². The van der Waals surface area contributed by atoms with Crippen LogP contribution in [0.25, 0.3) is 51.5 Å². The summed E-state index contributed by atoms with van der Waals surface area (Å²) in [5.74, 6) is 1.65. The van der Waals surface area contributed by atoms with Crippen molar-refractivity contribution < 1.29 is 4.74 Å². The first-order chi connectivity index (χ1) is 46.6. The molecule has 16 aromatic rings. The van der Waals surface area contributed by atoms with Gasteiger partial charge in [-0.1, -0.05) is 200 Å². The van der Waals surface area contributed by atoms with E-state index in [1.807, 2.05) is 22.7 Å². The van der Waals surface area contributed by atoms with Crippen molar-refractivity contribution in [3.8, 4) is 22.6 Å². The molecule has 0 atom stereocenters. The van der Waals surface area contributed by atoms with Gasteiger partial charge in [0.2, 0.25) is 0 Å². The molecule has 0 bridgehead atoms. The molecular formula is C84H53B2N5OS2. The number of benzene rings is 14. The van der Waals surface area contributed by atoms with Crippen LogP contribution in [-0.4, -0.2) is 13.4 Å². The molecule has 4 aliphatic heterocycles. The van der Waals surface area contributed by atoms with E-state index in [0.29, 0.717) is 0 Å². The van der Waals surface area contributed by atoms with Crippen molar-refractivity contribution in [3.05, 3.63) is 315 Å². The Morgan fingerprint density at radius 2 is 0.798 bits per heavy atom. The number of ether oxygens (including phenoxy) is 1. The first kappa shape index (κ1) is 53.1.